The summed E-state index contributed by atoms with van der Waals surface area (Å²) in [4.78, 5) is 8.87. The first kappa shape index (κ1) is 23.6. The van der Waals surface area contributed by atoms with E-state index >= 15 is 0 Å². The first-order chi connectivity index (χ1) is 15.1. The van der Waals surface area contributed by atoms with Crippen LogP contribution in [0, 0.1) is 5.92 Å². The number of ether oxygens (including phenoxy) is 1. The van der Waals surface area contributed by atoms with E-state index in [-0.39, 0.29) is 30.3 Å². The van der Waals surface area contributed by atoms with Gasteiger partial charge >= 0.3 is 6.36 Å². The van der Waals surface area contributed by atoms with E-state index in [2.05, 4.69) is 25.3 Å². The zero-order valence-electron chi connectivity index (χ0n) is 17.3. The molecule has 0 radical (unpaired) electrons. The topological polar surface area (TPSA) is 79.3 Å². The second kappa shape index (κ2) is 10.1. The molecule has 0 aliphatic rings. The van der Waals surface area contributed by atoms with Gasteiger partial charge in [-0.3, -0.25) is 0 Å². The van der Waals surface area contributed by atoms with Gasteiger partial charge in [0.1, 0.15) is 11.6 Å². The molecule has 3 rings (SSSR count). The van der Waals surface area contributed by atoms with Crippen molar-refractivity contribution in [3.8, 4) is 17.0 Å². The number of nitrogens with one attached hydrogen (secondary N) is 2. The summed E-state index contributed by atoms with van der Waals surface area (Å²) in [5.74, 6) is 0.287. The highest BCUT2D eigenvalue weighted by Crippen LogP contribution is 2.30. The molecule has 10 heteroatoms. The number of nitrogens with zero attached hydrogens (tertiary/aromatic N) is 2. The third kappa shape index (κ3) is 6.48. The van der Waals surface area contributed by atoms with Crippen LogP contribution >= 0.6 is 11.6 Å². The minimum Gasteiger partial charge on any atom is -0.406 e. The number of aliphatic hydroxyl groups excluding tert-OH is 1. The Bertz CT molecular complexity index is 1060. The quantitative estimate of drug-likeness (QED) is 0.385. The lowest BCUT2D eigenvalue weighted by Gasteiger charge is -2.21. The van der Waals surface area contributed by atoms with Crippen LogP contribution < -0.4 is 15.4 Å². The number of rotatable bonds is 8. The largest absolute Gasteiger partial charge is 0.573 e. The Morgan fingerprint density at radius 3 is 2.47 bits per heavy atom. The van der Waals surface area contributed by atoms with Crippen LogP contribution in [0.25, 0.3) is 11.3 Å². The van der Waals surface area contributed by atoms with Crippen molar-refractivity contribution in [2.75, 3.05) is 17.2 Å². The van der Waals surface area contributed by atoms with Gasteiger partial charge in [-0.05, 0) is 30.2 Å². The molecule has 0 fully saturated rings. The van der Waals surface area contributed by atoms with E-state index in [0.29, 0.717) is 27.8 Å². The lowest BCUT2D eigenvalue weighted by Crippen LogP contribution is -2.30. The van der Waals surface area contributed by atoms with Crippen LogP contribution in [0.5, 0.6) is 5.75 Å². The molecule has 0 aliphatic heterocycles. The van der Waals surface area contributed by atoms with Crippen LogP contribution in [0.4, 0.5) is 30.6 Å². The molecule has 1 heterocycles. The number of hydrogen-bond acceptors (Lipinski definition) is 6. The maximum Gasteiger partial charge on any atom is 0.573 e. The minimum absolute atomic E-state index is 0.0794. The molecule has 1 aromatic heterocycles. The van der Waals surface area contributed by atoms with Crippen molar-refractivity contribution in [2.24, 2.45) is 5.92 Å². The molecule has 1 atom stereocenters. The second-order valence-corrected chi connectivity index (χ2v) is 7.73. The molecule has 0 aliphatic carbocycles. The molecule has 6 nitrogen and oxygen atoms in total. The molecular formula is C22H22ClF3N4O2. The van der Waals surface area contributed by atoms with Crippen molar-refractivity contribution in [1.82, 2.24) is 9.97 Å². The molecule has 0 bridgehead atoms. The number of halogens is 4. The summed E-state index contributed by atoms with van der Waals surface area (Å²) in [5, 5.41) is 16.3. The van der Waals surface area contributed by atoms with Crippen molar-refractivity contribution in [2.45, 2.75) is 26.3 Å². The van der Waals surface area contributed by atoms with Gasteiger partial charge < -0.3 is 20.5 Å². The maximum absolute atomic E-state index is 12.6. The zero-order chi connectivity index (χ0) is 23.3. The van der Waals surface area contributed by atoms with Crippen molar-refractivity contribution >= 4 is 29.1 Å². The van der Waals surface area contributed by atoms with Gasteiger partial charge in [0.2, 0.25) is 5.95 Å². The zero-order valence-corrected chi connectivity index (χ0v) is 18.1. The van der Waals surface area contributed by atoms with Crippen molar-refractivity contribution < 1.29 is 23.0 Å². The summed E-state index contributed by atoms with van der Waals surface area (Å²) < 4.78 is 41.9. The van der Waals surface area contributed by atoms with Crippen molar-refractivity contribution in [3.05, 3.63) is 59.6 Å². The third-order valence-electron chi connectivity index (χ3n) is 4.54. The summed E-state index contributed by atoms with van der Waals surface area (Å²) in [6.45, 7) is 3.71. The SMILES string of the molecule is CC(C)[C@@H](CO)Nc1nc(Nc2ccccc2Cl)cc(-c2cccc(OC(F)(F)F)c2)n1. The van der Waals surface area contributed by atoms with E-state index < -0.39 is 6.36 Å². The van der Waals surface area contributed by atoms with E-state index in [1.165, 1.54) is 18.2 Å². The number of benzene rings is 2. The van der Waals surface area contributed by atoms with Gasteiger partial charge in [-0.1, -0.05) is 49.7 Å². The van der Waals surface area contributed by atoms with Gasteiger partial charge in [-0.25, -0.2) is 4.98 Å². The highest BCUT2D eigenvalue weighted by Gasteiger charge is 2.31. The van der Waals surface area contributed by atoms with E-state index in [1.54, 1.807) is 36.4 Å². The summed E-state index contributed by atoms with van der Waals surface area (Å²) in [7, 11) is 0. The fraction of sp³-hybridized carbons (Fsp3) is 0.273. The lowest BCUT2D eigenvalue weighted by molar-refractivity contribution is -0.274. The van der Waals surface area contributed by atoms with Gasteiger partial charge in [0.25, 0.3) is 0 Å². The van der Waals surface area contributed by atoms with Crippen LogP contribution in [0.2, 0.25) is 5.02 Å². The van der Waals surface area contributed by atoms with Crippen LogP contribution in [-0.4, -0.2) is 34.1 Å². The highest BCUT2D eigenvalue weighted by molar-refractivity contribution is 6.33. The predicted octanol–water partition coefficient (Wildman–Crippen LogP) is 5.87. The monoisotopic (exact) mass is 466 g/mol. The third-order valence-corrected chi connectivity index (χ3v) is 4.87. The van der Waals surface area contributed by atoms with Crippen LogP contribution in [-0.2, 0) is 0 Å². The molecule has 0 spiro atoms. The maximum atomic E-state index is 12.6. The summed E-state index contributed by atoms with van der Waals surface area (Å²) >= 11 is 6.22. The van der Waals surface area contributed by atoms with Gasteiger partial charge in [0, 0.05) is 11.6 Å². The van der Waals surface area contributed by atoms with Gasteiger partial charge in [0.05, 0.1) is 29.1 Å². The standard InChI is InChI=1S/C22H22ClF3N4O2/c1-13(2)19(12-31)29-21-28-18(14-6-5-7-15(10-14)32-22(24,25)26)11-20(30-21)27-17-9-4-3-8-16(17)23/h3-11,13,19,31H,12H2,1-2H3,(H2,27,28,29,30)/t19-/m1/s1. The fourth-order valence-electron chi connectivity index (χ4n) is 2.87. The molecule has 0 unspecified atom stereocenters. The number of para-hydroxylation sites is 1. The molecule has 3 aromatic rings. The second-order valence-electron chi connectivity index (χ2n) is 7.32. The van der Waals surface area contributed by atoms with E-state index in [1.807, 2.05) is 13.8 Å². The number of anilines is 3. The predicted molar refractivity (Wildman–Crippen MR) is 118 cm³/mol. The Morgan fingerprint density at radius 2 is 1.81 bits per heavy atom. The summed E-state index contributed by atoms with van der Waals surface area (Å²) in [6, 6.07) is 13.8. The van der Waals surface area contributed by atoms with E-state index in [9.17, 15) is 18.3 Å². The first-order valence-electron chi connectivity index (χ1n) is 9.79. The molecular weight excluding hydrogens is 445 g/mol. The van der Waals surface area contributed by atoms with Gasteiger partial charge in [0.15, 0.2) is 0 Å². The molecule has 0 amide bonds. The fourth-order valence-corrected chi connectivity index (χ4v) is 3.05. The van der Waals surface area contributed by atoms with E-state index in [0.717, 1.165) is 0 Å². The Labute approximate surface area is 188 Å². The molecule has 170 valence electrons. The number of alkyl halides is 3. The Balaban J connectivity index is 2.02. The molecule has 2 aromatic carbocycles. The molecule has 3 N–H and O–H groups in total. The van der Waals surface area contributed by atoms with Crippen molar-refractivity contribution in [1.29, 1.82) is 0 Å². The smallest absolute Gasteiger partial charge is 0.406 e. The van der Waals surface area contributed by atoms with Crippen LogP contribution in [0.3, 0.4) is 0 Å². The molecule has 32 heavy (non-hydrogen) atoms. The van der Waals surface area contributed by atoms with Gasteiger partial charge in [-0.15, -0.1) is 13.2 Å². The molecule has 0 saturated carbocycles. The Hall–Kier alpha value is -3.04. The first-order valence-corrected chi connectivity index (χ1v) is 10.2. The number of hydrogen-bond donors (Lipinski definition) is 3. The molecule has 0 saturated heterocycles. The average molecular weight is 467 g/mol. The highest BCUT2D eigenvalue weighted by atomic mass is 35.5. The average Bonchev–Trinajstić information content (AvgIpc) is 2.72. The summed E-state index contributed by atoms with van der Waals surface area (Å²) in [5.41, 5.74) is 1.34. The number of aromatic nitrogens is 2. The normalized spacial score (nSPS) is 12.5. The van der Waals surface area contributed by atoms with Crippen molar-refractivity contribution in [3.63, 3.8) is 0 Å². The lowest BCUT2D eigenvalue weighted by atomic mass is 10.1. The van der Waals surface area contributed by atoms with Gasteiger partial charge in [-0.2, -0.15) is 4.98 Å². The number of aliphatic hydroxyl groups is 1. The Kier molecular flexibility index (Phi) is 7.42. The minimum atomic E-state index is -4.81. The summed E-state index contributed by atoms with van der Waals surface area (Å²) in [6.07, 6.45) is -4.81. The Morgan fingerprint density at radius 1 is 1.06 bits per heavy atom. The van der Waals surface area contributed by atoms with Crippen LogP contribution in [0.1, 0.15) is 13.8 Å². The van der Waals surface area contributed by atoms with Crippen LogP contribution in [0.15, 0.2) is 54.6 Å². The van der Waals surface area contributed by atoms with E-state index in [4.69, 9.17) is 11.6 Å².